The summed E-state index contributed by atoms with van der Waals surface area (Å²) in [6.45, 7) is 0.489. The molecule has 0 aliphatic carbocycles. The molecule has 0 spiro atoms. The Kier molecular flexibility index (Phi) is 7.22. The molecule has 2 aliphatic rings. The number of nitrogens with one attached hydrogen (secondary N) is 2. The number of hydrogen-bond acceptors (Lipinski definition) is 7. The summed E-state index contributed by atoms with van der Waals surface area (Å²) in [7, 11) is 3.68. The summed E-state index contributed by atoms with van der Waals surface area (Å²) in [4.78, 5) is 30.5. The number of pyridine rings is 1. The second-order valence-corrected chi connectivity index (χ2v) is 8.78. The third-order valence-corrected chi connectivity index (χ3v) is 5.87. The minimum Gasteiger partial charge on any atom is -0.487 e. The summed E-state index contributed by atoms with van der Waals surface area (Å²) in [5, 5.41) is 15.7. The van der Waals surface area contributed by atoms with E-state index in [2.05, 4.69) is 15.6 Å². The van der Waals surface area contributed by atoms with E-state index >= 15 is 0 Å². The SMILES string of the molecule is CN(C)CC(=O)Nc1ccc2c(c1)[C@H]1C[C@@H](CC(=O)NCc3cccnc3)O[C@@H](CO)[C@H]1O2. The van der Waals surface area contributed by atoms with Gasteiger partial charge in [0.25, 0.3) is 0 Å². The van der Waals surface area contributed by atoms with Crippen LogP contribution in [-0.4, -0.2) is 72.4 Å². The molecule has 3 heterocycles. The highest BCUT2D eigenvalue weighted by atomic mass is 16.6. The van der Waals surface area contributed by atoms with Gasteiger partial charge in [-0.15, -0.1) is 0 Å². The van der Waals surface area contributed by atoms with Crippen molar-refractivity contribution in [2.75, 3.05) is 32.6 Å². The molecule has 0 bridgehead atoms. The van der Waals surface area contributed by atoms with E-state index in [-0.39, 0.29) is 49.5 Å². The lowest BCUT2D eigenvalue weighted by Gasteiger charge is -2.37. The summed E-state index contributed by atoms with van der Waals surface area (Å²) in [5.41, 5.74) is 2.58. The number of carbonyl (C=O) groups excluding carboxylic acids is 2. The van der Waals surface area contributed by atoms with E-state index in [4.69, 9.17) is 9.47 Å². The third-order valence-electron chi connectivity index (χ3n) is 5.87. The molecule has 4 rings (SSSR count). The molecule has 9 nitrogen and oxygen atoms in total. The molecule has 2 aliphatic heterocycles. The van der Waals surface area contributed by atoms with Gasteiger partial charge < -0.3 is 30.1 Å². The fourth-order valence-corrected chi connectivity index (χ4v) is 4.44. The predicted molar refractivity (Wildman–Crippen MR) is 122 cm³/mol. The van der Waals surface area contributed by atoms with E-state index in [1.54, 1.807) is 17.3 Å². The largest absolute Gasteiger partial charge is 0.487 e. The van der Waals surface area contributed by atoms with Crippen molar-refractivity contribution in [2.24, 2.45) is 0 Å². The van der Waals surface area contributed by atoms with Crippen molar-refractivity contribution in [1.29, 1.82) is 0 Å². The highest BCUT2D eigenvalue weighted by molar-refractivity contribution is 5.92. The topological polar surface area (TPSA) is 113 Å². The van der Waals surface area contributed by atoms with Gasteiger partial charge >= 0.3 is 0 Å². The first-order valence-electron chi connectivity index (χ1n) is 11.1. The first kappa shape index (κ1) is 23.2. The minimum atomic E-state index is -0.529. The number of hydrogen-bond donors (Lipinski definition) is 3. The van der Waals surface area contributed by atoms with Crippen LogP contribution in [0.2, 0.25) is 0 Å². The highest BCUT2D eigenvalue weighted by Gasteiger charge is 2.46. The zero-order valence-electron chi connectivity index (χ0n) is 18.9. The number of anilines is 1. The van der Waals surface area contributed by atoms with Crippen molar-refractivity contribution < 1.29 is 24.2 Å². The molecular formula is C24H30N4O5. The monoisotopic (exact) mass is 454 g/mol. The molecule has 0 unspecified atom stereocenters. The Morgan fingerprint density at radius 2 is 2.09 bits per heavy atom. The lowest BCUT2D eigenvalue weighted by molar-refractivity contribution is -0.142. The third kappa shape index (κ3) is 5.68. The molecule has 1 fully saturated rings. The molecule has 1 saturated heterocycles. The summed E-state index contributed by atoms with van der Waals surface area (Å²) in [5.74, 6) is 0.466. The first-order chi connectivity index (χ1) is 15.9. The second kappa shape index (κ2) is 10.3. The number of carbonyl (C=O) groups is 2. The van der Waals surface area contributed by atoms with Crippen molar-refractivity contribution in [1.82, 2.24) is 15.2 Å². The van der Waals surface area contributed by atoms with Gasteiger partial charge in [0, 0.05) is 36.1 Å². The maximum atomic E-state index is 12.5. The van der Waals surface area contributed by atoms with Gasteiger partial charge in [0.1, 0.15) is 18.0 Å². The predicted octanol–water partition coefficient (Wildman–Crippen LogP) is 1.28. The molecule has 0 saturated carbocycles. The zero-order valence-corrected chi connectivity index (χ0v) is 18.9. The number of aliphatic hydroxyl groups is 1. The number of nitrogens with zero attached hydrogens (tertiary/aromatic N) is 2. The van der Waals surface area contributed by atoms with Crippen LogP contribution in [0.5, 0.6) is 5.75 Å². The number of rotatable bonds is 8. The molecule has 176 valence electrons. The second-order valence-electron chi connectivity index (χ2n) is 8.78. The number of aliphatic hydroxyl groups excluding tert-OH is 1. The van der Waals surface area contributed by atoms with Crippen molar-refractivity contribution >= 4 is 17.5 Å². The van der Waals surface area contributed by atoms with Crippen molar-refractivity contribution in [2.45, 2.75) is 43.6 Å². The summed E-state index contributed by atoms with van der Waals surface area (Å²) in [6.07, 6.45) is 2.97. The maximum Gasteiger partial charge on any atom is 0.238 e. The molecule has 3 N–H and O–H groups in total. The molecular weight excluding hydrogens is 424 g/mol. The average Bonchev–Trinajstić information content (AvgIpc) is 3.15. The number of likely N-dealkylation sites (N-methyl/N-ethyl adjacent to an activating group) is 1. The van der Waals surface area contributed by atoms with E-state index in [0.29, 0.717) is 18.7 Å². The molecule has 4 atom stereocenters. The summed E-state index contributed by atoms with van der Waals surface area (Å²) in [6, 6.07) is 9.29. The Hall–Kier alpha value is -3.01. The molecule has 33 heavy (non-hydrogen) atoms. The van der Waals surface area contributed by atoms with Gasteiger partial charge in [0.15, 0.2) is 0 Å². The van der Waals surface area contributed by atoms with Crippen LogP contribution in [0.25, 0.3) is 0 Å². The Morgan fingerprint density at radius 3 is 2.82 bits per heavy atom. The van der Waals surface area contributed by atoms with Gasteiger partial charge in [0.05, 0.1) is 25.7 Å². The van der Waals surface area contributed by atoms with Crippen LogP contribution in [-0.2, 0) is 20.9 Å². The van der Waals surface area contributed by atoms with E-state index < -0.39 is 6.10 Å². The first-order valence-corrected chi connectivity index (χ1v) is 11.1. The lowest BCUT2D eigenvalue weighted by atomic mass is 9.84. The fourth-order valence-electron chi connectivity index (χ4n) is 4.44. The lowest BCUT2D eigenvalue weighted by Crippen LogP contribution is -2.47. The minimum absolute atomic E-state index is 0.0345. The molecule has 1 aromatic carbocycles. The number of aromatic nitrogens is 1. The van der Waals surface area contributed by atoms with Crippen molar-refractivity contribution in [3.05, 3.63) is 53.9 Å². The summed E-state index contributed by atoms with van der Waals surface area (Å²) >= 11 is 0. The molecule has 2 amide bonds. The Balaban J connectivity index is 1.42. The van der Waals surface area contributed by atoms with E-state index in [0.717, 1.165) is 16.9 Å². The number of ether oxygens (including phenoxy) is 2. The Morgan fingerprint density at radius 1 is 1.24 bits per heavy atom. The quantitative estimate of drug-likeness (QED) is 0.551. The molecule has 0 radical (unpaired) electrons. The van der Waals surface area contributed by atoms with E-state index in [9.17, 15) is 14.7 Å². The van der Waals surface area contributed by atoms with Crippen LogP contribution in [0.15, 0.2) is 42.7 Å². The van der Waals surface area contributed by atoms with Gasteiger partial charge in [-0.1, -0.05) is 6.07 Å². The maximum absolute atomic E-state index is 12.5. The van der Waals surface area contributed by atoms with E-state index in [1.807, 2.05) is 44.4 Å². The Bertz CT molecular complexity index is 984. The smallest absolute Gasteiger partial charge is 0.238 e. The molecule has 2 aromatic rings. The average molecular weight is 455 g/mol. The normalized spacial score (nSPS) is 23.4. The van der Waals surface area contributed by atoms with Gasteiger partial charge in [0.2, 0.25) is 11.8 Å². The zero-order chi connectivity index (χ0) is 23.4. The molecule has 1 aromatic heterocycles. The number of amides is 2. The van der Waals surface area contributed by atoms with Crippen LogP contribution in [0.3, 0.4) is 0 Å². The van der Waals surface area contributed by atoms with Gasteiger partial charge in [-0.25, -0.2) is 0 Å². The van der Waals surface area contributed by atoms with Gasteiger partial charge in [-0.3, -0.25) is 14.6 Å². The van der Waals surface area contributed by atoms with Crippen LogP contribution in [0, 0.1) is 0 Å². The fraction of sp³-hybridized carbons (Fsp3) is 0.458. The van der Waals surface area contributed by atoms with Crippen LogP contribution >= 0.6 is 0 Å². The standard InChI is InChI=1S/C24H30N4O5/c1-28(2)13-23(31)27-16-5-6-20-18(8-16)19-9-17(32-21(14-29)24(19)33-20)10-22(30)26-12-15-4-3-7-25-11-15/h3-8,11,17,19,21,24,29H,9-10,12-14H2,1-2H3,(H,26,30)(H,27,31)/t17-,19+,21-,24-/m0/s1. The number of benzene rings is 1. The molecule has 9 heteroatoms. The van der Waals surface area contributed by atoms with Crippen LogP contribution in [0.1, 0.15) is 29.9 Å². The van der Waals surface area contributed by atoms with Crippen LogP contribution in [0.4, 0.5) is 5.69 Å². The van der Waals surface area contributed by atoms with Gasteiger partial charge in [-0.2, -0.15) is 0 Å². The Labute approximate surface area is 193 Å². The van der Waals surface area contributed by atoms with Gasteiger partial charge in [-0.05, 0) is 50.3 Å². The van der Waals surface area contributed by atoms with E-state index in [1.165, 1.54) is 0 Å². The highest BCUT2D eigenvalue weighted by Crippen LogP contribution is 2.47. The number of fused-ring (bicyclic) bond motifs is 3. The van der Waals surface area contributed by atoms with Crippen molar-refractivity contribution in [3.8, 4) is 5.75 Å². The van der Waals surface area contributed by atoms with Crippen LogP contribution < -0.4 is 15.4 Å². The summed E-state index contributed by atoms with van der Waals surface area (Å²) < 4.78 is 12.1. The van der Waals surface area contributed by atoms with Crippen molar-refractivity contribution in [3.63, 3.8) is 0 Å².